The van der Waals surface area contributed by atoms with Gasteiger partial charge in [0.25, 0.3) is 0 Å². The molecule has 0 saturated carbocycles. The van der Waals surface area contributed by atoms with E-state index in [2.05, 4.69) is 4.84 Å². The monoisotopic (exact) mass is 161 g/mol. The van der Waals surface area contributed by atoms with Crippen LogP contribution < -0.4 is 0 Å². The molecule has 1 heterocycles. The van der Waals surface area contributed by atoms with E-state index in [1.54, 1.807) is 0 Å². The fourth-order valence-electron chi connectivity index (χ4n) is 1.04. The Labute approximate surface area is 64.1 Å². The van der Waals surface area contributed by atoms with E-state index in [0.717, 1.165) is 0 Å². The molecule has 11 heavy (non-hydrogen) atoms. The Hall–Kier alpha value is -0.810. The Morgan fingerprint density at radius 1 is 1.45 bits per heavy atom. The minimum absolute atomic E-state index is 0.302. The predicted molar refractivity (Wildman–Crippen MR) is 35.9 cm³/mol. The first kappa shape index (κ1) is 8.29. The molecule has 0 aromatic heterocycles. The number of nitrogens with zero attached hydrogens (tertiary/aromatic N) is 1. The fourth-order valence-corrected chi connectivity index (χ4v) is 1.04. The van der Waals surface area contributed by atoms with Gasteiger partial charge in [0.1, 0.15) is 0 Å². The van der Waals surface area contributed by atoms with E-state index >= 15 is 0 Å². The van der Waals surface area contributed by atoms with Crippen LogP contribution >= 0.6 is 0 Å². The highest BCUT2D eigenvalue weighted by Crippen LogP contribution is 2.09. The molecule has 0 radical (unpaired) electrons. The maximum absolute atomic E-state index is 10.0. The molecule has 0 aromatic rings. The highest BCUT2D eigenvalue weighted by atomic mass is 16.8. The highest BCUT2D eigenvalue weighted by molar-refractivity contribution is 5.56. The van der Waals surface area contributed by atoms with Gasteiger partial charge in [-0.05, 0) is 12.8 Å². The van der Waals surface area contributed by atoms with Gasteiger partial charge in [-0.3, -0.25) is 0 Å². The molecule has 1 aliphatic heterocycles. The van der Waals surface area contributed by atoms with Gasteiger partial charge < -0.3 is 15.1 Å². The van der Waals surface area contributed by atoms with Crippen LogP contribution in [0.25, 0.3) is 0 Å². The first-order valence-corrected chi connectivity index (χ1v) is 3.52. The van der Waals surface area contributed by atoms with Crippen molar-refractivity contribution in [3.8, 4) is 0 Å². The summed E-state index contributed by atoms with van der Waals surface area (Å²) in [5, 5.41) is 18.6. The van der Waals surface area contributed by atoms with Crippen LogP contribution in [0.3, 0.4) is 0 Å². The molecule has 0 aromatic carbocycles. The summed E-state index contributed by atoms with van der Waals surface area (Å²) >= 11 is 0. The molecular weight excluding hydrogens is 150 g/mol. The van der Waals surface area contributed by atoms with Crippen LogP contribution in [0.15, 0.2) is 0 Å². The average Bonchev–Trinajstić information content (AvgIpc) is 1.93. The van der Waals surface area contributed by atoms with Crippen LogP contribution in [-0.4, -0.2) is 40.6 Å². The molecule has 1 rings (SSSR count). The summed E-state index contributed by atoms with van der Waals surface area (Å²) in [4.78, 5) is 14.4. The maximum atomic E-state index is 10.0. The van der Waals surface area contributed by atoms with Gasteiger partial charge in [0, 0.05) is 13.1 Å². The number of carboxylic acid groups (broad SMARTS) is 1. The predicted octanol–water partition coefficient (Wildman–Crippen LogP) is 0.0527. The third-order valence-corrected chi connectivity index (χ3v) is 1.63. The van der Waals surface area contributed by atoms with E-state index in [1.165, 1.54) is 5.06 Å². The molecule has 5 nitrogen and oxygen atoms in total. The van der Waals surface area contributed by atoms with E-state index in [9.17, 15) is 4.79 Å². The molecule has 0 spiro atoms. The lowest BCUT2D eigenvalue weighted by atomic mass is 10.1. The average molecular weight is 161 g/mol. The lowest BCUT2D eigenvalue weighted by molar-refractivity contribution is -0.142. The third kappa shape index (κ3) is 2.73. The zero-order valence-electron chi connectivity index (χ0n) is 6.06. The number of aliphatic hydroxyl groups is 1. The van der Waals surface area contributed by atoms with E-state index in [-0.39, 0.29) is 6.10 Å². The van der Waals surface area contributed by atoms with Crippen LogP contribution in [0.1, 0.15) is 12.8 Å². The molecule has 0 bridgehead atoms. The Morgan fingerprint density at radius 3 is 2.45 bits per heavy atom. The maximum Gasteiger partial charge on any atom is 0.525 e. The molecule has 0 unspecified atom stereocenters. The Morgan fingerprint density at radius 2 is 2.00 bits per heavy atom. The van der Waals surface area contributed by atoms with Crippen LogP contribution in [0.4, 0.5) is 4.79 Å². The summed E-state index contributed by atoms with van der Waals surface area (Å²) in [5.74, 6) is 0. The van der Waals surface area contributed by atoms with Crippen LogP contribution in [-0.2, 0) is 4.84 Å². The minimum atomic E-state index is -1.29. The summed E-state index contributed by atoms with van der Waals surface area (Å²) in [6.45, 7) is 0.959. The van der Waals surface area contributed by atoms with Gasteiger partial charge in [-0.25, -0.2) is 4.79 Å². The molecule has 2 N–H and O–H groups in total. The second kappa shape index (κ2) is 3.54. The highest BCUT2D eigenvalue weighted by Gasteiger charge is 2.19. The molecule has 64 valence electrons. The van der Waals surface area contributed by atoms with Crippen molar-refractivity contribution in [3.63, 3.8) is 0 Å². The largest absolute Gasteiger partial charge is 0.525 e. The van der Waals surface area contributed by atoms with Gasteiger partial charge in [-0.2, -0.15) is 0 Å². The summed E-state index contributed by atoms with van der Waals surface area (Å²) in [5.41, 5.74) is 0. The quantitative estimate of drug-likeness (QED) is 0.568. The van der Waals surface area contributed by atoms with Gasteiger partial charge in [-0.15, -0.1) is 5.06 Å². The van der Waals surface area contributed by atoms with Crippen LogP contribution in [0, 0.1) is 0 Å². The number of carbonyl (C=O) groups is 1. The zero-order chi connectivity index (χ0) is 8.27. The molecule has 0 aliphatic carbocycles. The molecule has 1 fully saturated rings. The number of hydrogen-bond donors (Lipinski definition) is 2. The van der Waals surface area contributed by atoms with Crippen LogP contribution in [0.5, 0.6) is 0 Å². The normalized spacial score (nSPS) is 21.5. The van der Waals surface area contributed by atoms with Gasteiger partial charge in [-0.1, -0.05) is 0 Å². The molecular formula is C6H11NO4. The van der Waals surface area contributed by atoms with Crippen molar-refractivity contribution < 1.29 is 19.8 Å². The molecule has 1 aliphatic rings. The Balaban J connectivity index is 2.22. The number of piperidine rings is 1. The third-order valence-electron chi connectivity index (χ3n) is 1.63. The lowest BCUT2D eigenvalue weighted by Crippen LogP contribution is -2.37. The molecule has 0 atom stereocenters. The van der Waals surface area contributed by atoms with Crippen molar-refractivity contribution >= 4 is 6.16 Å². The van der Waals surface area contributed by atoms with E-state index in [4.69, 9.17) is 10.2 Å². The smallest absolute Gasteiger partial charge is 0.448 e. The first-order valence-electron chi connectivity index (χ1n) is 3.52. The molecule has 5 heteroatoms. The zero-order valence-corrected chi connectivity index (χ0v) is 6.06. The Kier molecular flexibility index (Phi) is 2.67. The van der Waals surface area contributed by atoms with Crippen molar-refractivity contribution in [2.24, 2.45) is 0 Å². The first-order chi connectivity index (χ1) is 5.18. The number of rotatable bonds is 1. The summed E-state index contributed by atoms with van der Waals surface area (Å²) in [7, 11) is 0. The van der Waals surface area contributed by atoms with E-state index in [0.29, 0.717) is 25.9 Å². The van der Waals surface area contributed by atoms with Crippen molar-refractivity contribution in [2.45, 2.75) is 18.9 Å². The molecule has 1 saturated heterocycles. The number of aliphatic hydroxyl groups excluding tert-OH is 1. The summed E-state index contributed by atoms with van der Waals surface area (Å²) < 4.78 is 0. The SMILES string of the molecule is O=C(O)ON1CCC(O)CC1. The standard InChI is InChI=1S/C6H11NO4/c8-5-1-3-7(4-2-5)11-6(9)10/h5,8H,1-4H2,(H,9,10). The van der Waals surface area contributed by atoms with Crippen LogP contribution in [0.2, 0.25) is 0 Å². The summed E-state index contributed by atoms with van der Waals surface area (Å²) in [6.07, 6.45) is -0.439. The second-order valence-corrected chi connectivity index (χ2v) is 2.52. The lowest BCUT2D eigenvalue weighted by Gasteiger charge is -2.26. The number of hydroxylamine groups is 2. The second-order valence-electron chi connectivity index (χ2n) is 2.52. The van der Waals surface area contributed by atoms with Gasteiger partial charge in [0.05, 0.1) is 6.10 Å². The van der Waals surface area contributed by atoms with Crippen molar-refractivity contribution in [1.29, 1.82) is 0 Å². The van der Waals surface area contributed by atoms with Crippen molar-refractivity contribution in [2.75, 3.05) is 13.1 Å². The summed E-state index contributed by atoms with van der Waals surface area (Å²) in [6, 6.07) is 0. The minimum Gasteiger partial charge on any atom is -0.448 e. The van der Waals surface area contributed by atoms with Crippen molar-refractivity contribution in [1.82, 2.24) is 5.06 Å². The van der Waals surface area contributed by atoms with E-state index < -0.39 is 6.16 Å². The fraction of sp³-hybridized carbons (Fsp3) is 0.833. The van der Waals surface area contributed by atoms with Gasteiger partial charge in [0.2, 0.25) is 0 Å². The Bertz CT molecular complexity index is 142. The number of hydrogen-bond acceptors (Lipinski definition) is 4. The van der Waals surface area contributed by atoms with Crippen molar-refractivity contribution in [3.05, 3.63) is 0 Å². The van der Waals surface area contributed by atoms with E-state index in [1.807, 2.05) is 0 Å². The van der Waals surface area contributed by atoms with Gasteiger partial charge >= 0.3 is 6.16 Å². The van der Waals surface area contributed by atoms with Gasteiger partial charge in [0.15, 0.2) is 0 Å². The topological polar surface area (TPSA) is 70.0 Å². The molecule has 0 amide bonds.